The van der Waals surface area contributed by atoms with E-state index in [0.29, 0.717) is 0 Å². The largest absolute Gasteiger partial charge is 0.586 e. The maximum atomic E-state index is 13.6. The van der Waals surface area contributed by atoms with Crippen LogP contribution in [0.15, 0.2) is 47.5 Å². The zero-order valence-electron chi connectivity index (χ0n) is 21.8. The summed E-state index contributed by atoms with van der Waals surface area (Å²) >= 11 is 0. The molecule has 2 aromatic carbocycles. The maximum Gasteiger partial charge on any atom is 0.586 e. The Balaban J connectivity index is 1.53. The van der Waals surface area contributed by atoms with Gasteiger partial charge in [0.15, 0.2) is 17.0 Å². The highest BCUT2D eigenvalue weighted by Gasteiger charge is 2.43. The lowest BCUT2D eigenvalue weighted by molar-refractivity contribution is -0.286. The van der Waals surface area contributed by atoms with Crippen molar-refractivity contribution in [2.24, 2.45) is 0 Å². The number of carbonyl (C=O) groups is 1. The van der Waals surface area contributed by atoms with Gasteiger partial charge in [0.05, 0.1) is 23.5 Å². The molecule has 2 aromatic heterocycles. The number of ether oxygens (including phenoxy) is 3. The summed E-state index contributed by atoms with van der Waals surface area (Å²) in [6.45, 7) is 4.29. The van der Waals surface area contributed by atoms with Crippen LogP contribution in [0.5, 0.6) is 17.2 Å². The van der Waals surface area contributed by atoms with E-state index in [0.717, 1.165) is 16.8 Å². The highest BCUT2D eigenvalue weighted by Crippen LogP contribution is 2.43. The minimum atomic E-state index is -4.68. The van der Waals surface area contributed by atoms with Gasteiger partial charge in [-0.15, -0.1) is 8.78 Å². The Bertz CT molecular complexity index is 1700. The summed E-state index contributed by atoms with van der Waals surface area (Å²) in [5.41, 5.74) is -1.23. The van der Waals surface area contributed by atoms with E-state index in [1.807, 2.05) is 0 Å². The molecule has 1 aliphatic rings. The molecule has 15 heteroatoms. The van der Waals surface area contributed by atoms with Crippen molar-refractivity contribution in [3.8, 4) is 28.5 Å². The number of aromatic nitrogens is 4. The number of aromatic amines is 1. The number of halogens is 5. The summed E-state index contributed by atoms with van der Waals surface area (Å²) in [5, 5.41) is 4.29. The van der Waals surface area contributed by atoms with E-state index in [4.69, 9.17) is 4.74 Å². The number of hydrogen-bond acceptors (Lipinski definition) is 7. The molecule has 10 nitrogen and oxygen atoms in total. The summed E-state index contributed by atoms with van der Waals surface area (Å²) < 4.78 is 82.8. The van der Waals surface area contributed by atoms with Gasteiger partial charge in [-0.05, 0) is 45.0 Å². The number of imidazole rings is 1. The number of anilines is 1. The lowest BCUT2D eigenvalue weighted by Crippen LogP contribution is -2.37. The Kier molecular flexibility index (Phi) is 6.83. The molecule has 5 rings (SSSR count). The predicted molar refractivity (Wildman–Crippen MR) is 135 cm³/mol. The number of amides is 1. The van der Waals surface area contributed by atoms with E-state index >= 15 is 0 Å². The lowest BCUT2D eigenvalue weighted by Gasteiger charge is -2.21. The quantitative estimate of drug-likeness (QED) is 0.308. The summed E-state index contributed by atoms with van der Waals surface area (Å²) in [5.74, 6) is -1.54. The van der Waals surface area contributed by atoms with E-state index in [1.165, 1.54) is 35.5 Å². The molecule has 0 radical (unpaired) electrons. The van der Waals surface area contributed by atoms with Crippen LogP contribution in [-0.4, -0.2) is 44.6 Å². The van der Waals surface area contributed by atoms with Gasteiger partial charge in [0.2, 0.25) is 5.91 Å². The molecular weight excluding hydrogens is 557 g/mol. The van der Waals surface area contributed by atoms with Gasteiger partial charge in [-0.1, -0.05) is 6.07 Å². The van der Waals surface area contributed by atoms with E-state index in [2.05, 4.69) is 24.5 Å². The molecule has 0 bridgehead atoms. The van der Waals surface area contributed by atoms with E-state index in [1.54, 1.807) is 20.8 Å². The fraction of sp³-hybridized carbons (Fsp3) is 0.308. The fourth-order valence-corrected chi connectivity index (χ4v) is 4.36. The molecular formula is C26H22F5N5O5. The van der Waals surface area contributed by atoms with Gasteiger partial charge in [-0.2, -0.15) is 18.3 Å². The van der Waals surface area contributed by atoms with Crippen molar-refractivity contribution >= 4 is 22.6 Å². The number of nitrogens with zero attached hydrogens (tertiary/aromatic N) is 4. The van der Waals surface area contributed by atoms with Crippen molar-refractivity contribution in [2.45, 2.75) is 45.9 Å². The fourth-order valence-electron chi connectivity index (χ4n) is 4.36. The third kappa shape index (κ3) is 5.38. The van der Waals surface area contributed by atoms with Crippen LogP contribution in [-0.2, 0) is 17.5 Å². The van der Waals surface area contributed by atoms with Crippen LogP contribution < -0.4 is 24.7 Å². The normalized spacial score (nSPS) is 14.1. The molecule has 1 aliphatic heterocycles. The number of H-pyrrole nitrogens is 1. The molecule has 0 saturated carbocycles. The first-order valence-electron chi connectivity index (χ1n) is 12.3. The van der Waals surface area contributed by atoms with E-state index in [-0.39, 0.29) is 46.0 Å². The van der Waals surface area contributed by atoms with E-state index in [9.17, 15) is 31.5 Å². The van der Waals surface area contributed by atoms with Gasteiger partial charge in [0, 0.05) is 23.9 Å². The smallest absolute Gasteiger partial charge is 0.490 e. The Hall–Kier alpha value is -4.69. The SMILES string of the molecule is CCN(C(=O)Cn1nc(-c2ccc(C(F)(F)F)c(OC(C)C)c2)c2[nH]cnc2c1=O)c1ccc2c(c1)OC(F)(F)O2. The summed E-state index contributed by atoms with van der Waals surface area (Å²) in [6, 6.07) is 6.98. The zero-order chi connectivity index (χ0) is 29.7. The Morgan fingerprint density at radius 3 is 2.56 bits per heavy atom. The van der Waals surface area contributed by atoms with Gasteiger partial charge in [-0.3, -0.25) is 9.59 Å². The molecule has 0 spiro atoms. The number of benzene rings is 2. The third-order valence-electron chi connectivity index (χ3n) is 6.06. The molecule has 0 aliphatic carbocycles. The van der Waals surface area contributed by atoms with Gasteiger partial charge in [-0.25, -0.2) is 9.67 Å². The molecule has 3 heterocycles. The van der Waals surface area contributed by atoms with Crippen LogP contribution in [0.25, 0.3) is 22.3 Å². The van der Waals surface area contributed by atoms with Gasteiger partial charge in [0.25, 0.3) is 5.56 Å². The van der Waals surface area contributed by atoms with Gasteiger partial charge < -0.3 is 24.1 Å². The van der Waals surface area contributed by atoms with Crippen LogP contribution in [0.4, 0.5) is 27.6 Å². The Labute approximate surface area is 228 Å². The predicted octanol–water partition coefficient (Wildman–Crippen LogP) is 4.97. The topological polar surface area (TPSA) is 112 Å². The number of likely N-dealkylation sites (N-methyl/N-ethyl adjacent to an activating group) is 1. The van der Waals surface area contributed by atoms with Crippen molar-refractivity contribution in [2.75, 3.05) is 11.4 Å². The first-order valence-corrected chi connectivity index (χ1v) is 12.3. The number of rotatable bonds is 7. The minimum Gasteiger partial charge on any atom is -0.490 e. The molecule has 41 heavy (non-hydrogen) atoms. The monoisotopic (exact) mass is 579 g/mol. The first-order chi connectivity index (χ1) is 19.3. The van der Waals surface area contributed by atoms with Crippen LogP contribution >= 0.6 is 0 Å². The Morgan fingerprint density at radius 2 is 1.88 bits per heavy atom. The lowest BCUT2D eigenvalue weighted by atomic mass is 10.1. The minimum absolute atomic E-state index is 0.0561. The van der Waals surface area contributed by atoms with Crippen LogP contribution in [0.2, 0.25) is 0 Å². The summed E-state index contributed by atoms with van der Waals surface area (Å²) in [4.78, 5) is 34.4. The average Bonchev–Trinajstić information content (AvgIpc) is 3.48. The second-order valence-electron chi connectivity index (χ2n) is 9.25. The highest BCUT2D eigenvalue weighted by molar-refractivity contribution is 5.94. The molecule has 0 fully saturated rings. The molecule has 0 saturated heterocycles. The van der Waals surface area contributed by atoms with Crippen LogP contribution in [0, 0.1) is 0 Å². The van der Waals surface area contributed by atoms with Crippen molar-refractivity contribution < 1.29 is 41.0 Å². The molecule has 0 atom stereocenters. The van der Waals surface area contributed by atoms with Crippen LogP contribution in [0.1, 0.15) is 26.3 Å². The van der Waals surface area contributed by atoms with Crippen molar-refractivity contribution in [1.29, 1.82) is 0 Å². The Morgan fingerprint density at radius 1 is 1.15 bits per heavy atom. The molecule has 1 N–H and O–H groups in total. The first kappa shape index (κ1) is 27.9. The van der Waals surface area contributed by atoms with Gasteiger partial charge >= 0.3 is 12.5 Å². The van der Waals surface area contributed by atoms with Crippen molar-refractivity contribution in [1.82, 2.24) is 19.7 Å². The summed E-state index contributed by atoms with van der Waals surface area (Å²) in [7, 11) is 0. The number of hydrogen-bond donors (Lipinski definition) is 1. The standard InChI is InChI=1S/C26H22F5N5O5/c1-4-35(15-6-8-17-19(10-15)41-26(30,31)40-17)20(37)11-36-24(38)23-22(32-12-33-23)21(34-36)14-5-7-16(25(27,28)29)18(9-14)39-13(2)3/h5-10,12-13H,4,11H2,1-3H3,(H,32,33). The number of nitrogens with one attached hydrogen (secondary N) is 1. The molecule has 1 amide bonds. The van der Waals surface area contributed by atoms with Crippen molar-refractivity contribution in [3.63, 3.8) is 0 Å². The maximum absolute atomic E-state index is 13.6. The van der Waals surface area contributed by atoms with Crippen molar-refractivity contribution in [3.05, 3.63) is 58.6 Å². The number of carbonyl (C=O) groups excluding carboxylic acids is 1. The highest BCUT2D eigenvalue weighted by atomic mass is 19.4. The molecule has 0 unspecified atom stereocenters. The average molecular weight is 579 g/mol. The second kappa shape index (κ2) is 10.1. The summed E-state index contributed by atoms with van der Waals surface area (Å²) in [6.07, 6.45) is -7.87. The van der Waals surface area contributed by atoms with E-state index < -0.39 is 47.9 Å². The number of fused-ring (bicyclic) bond motifs is 2. The zero-order valence-corrected chi connectivity index (χ0v) is 21.8. The molecule has 216 valence electrons. The molecule has 4 aromatic rings. The second-order valence-corrected chi connectivity index (χ2v) is 9.25. The van der Waals surface area contributed by atoms with Gasteiger partial charge in [0.1, 0.15) is 18.0 Å². The van der Waals surface area contributed by atoms with Crippen LogP contribution in [0.3, 0.4) is 0 Å². The third-order valence-corrected chi connectivity index (χ3v) is 6.06. The number of alkyl halides is 5.